The molecule has 5 nitrogen and oxygen atoms in total. The van der Waals surface area contributed by atoms with Crippen molar-refractivity contribution in [3.05, 3.63) is 46.5 Å². The summed E-state index contributed by atoms with van der Waals surface area (Å²) in [5.74, 6) is 1.94. The maximum atomic E-state index is 5.82. The molecule has 0 radical (unpaired) electrons. The van der Waals surface area contributed by atoms with E-state index in [2.05, 4.69) is 34.8 Å². The van der Waals surface area contributed by atoms with E-state index in [1.807, 2.05) is 23.5 Å². The fraction of sp³-hybridized carbons (Fsp3) is 0.550. The van der Waals surface area contributed by atoms with E-state index in [4.69, 9.17) is 14.1 Å². The molecule has 3 rings (SSSR count). The number of nitrogens with one attached hydrogen (secondary N) is 1. The third-order valence-corrected chi connectivity index (χ3v) is 5.52. The lowest BCUT2D eigenvalue weighted by Crippen LogP contribution is -2.41. The molecule has 1 unspecified atom stereocenters. The number of guanidine groups is 1. The van der Waals surface area contributed by atoms with E-state index in [0.717, 1.165) is 57.2 Å². The molecule has 6 heteroatoms. The molecule has 1 fully saturated rings. The van der Waals surface area contributed by atoms with E-state index in [-0.39, 0.29) is 6.10 Å². The Kier molecular flexibility index (Phi) is 7.58. The van der Waals surface area contributed by atoms with Crippen LogP contribution in [0.1, 0.15) is 29.9 Å². The van der Waals surface area contributed by atoms with Crippen LogP contribution in [0.2, 0.25) is 0 Å². The van der Waals surface area contributed by atoms with Gasteiger partial charge >= 0.3 is 0 Å². The quantitative estimate of drug-likeness (QED) is 0.566. The Labute approximate surface area is 160 Å². The smallest absolute Gasteiger partial charge is 0.193 e. The van der Waals surface area contributed by atoms with Gasteiger partial charge in [-0.1, -0.05) is 6.07 Å². The topological polar surface area (TPSA) is 50.0 Å². The van der Waals surface area contributed by atoms with Crippen LogP contribution < -0.4 is 5.32 Å². The number of hydrogen-bond acceptors (Lipinski definition) is 4. The van der Waals surface area contributed by atoms with E-state index >= 15 is 0 Å². The second-order valence-electron chi connectivity index (χ2n) is 6.66. The van der Waals surface area contributed by atoms with Gasteiger partial charge in [0.05, 0.1) is 18.9 Å². The maximum absolute atomic E-state index is 5.82. The molecule has 2 aromatic heterocycles. The molecule has 0 aromatic carbocycles. The number of likely N-dealkylation sites (N-methyl/N-ethyl adjacent to an activating group) is 1. The van der Waals surface area contributed by atoms with E-state index in [1.54, 1.807) is 6.26 Å². The number of thiophene rings is 1. The third kappa shape index (κ3) is 6.18. The van der Waals surface area contributed by atoms with Crippen LogP contribution in [0.3, 0.4) is 0 Å². The SMILES string of the molecule is CN(CCc1cccs1)C(=NCC1CCCCO1)NCCc1ccco1. The predicted molar refractivity (Wildman–Crippen MR) is 107 cm³/mol. The van der Waals surface area contributed by atoms with Crippen LogP contribution in [0, 0.1) is 0 Å². The number of hydrogen-bond donors (Lipinski definition) is 1. The van der Waals surface area contributed by atoms with Gasteiger partial charge in [-0.25, -0.2) is 0 Å². The molecular formula is C20H29N3O2S. The summed E-state index contributed by atoms with van der Waals surface area (Å²) in [6.07, 6.45) is 7.40. The first-order valence-corrected chi connectivity index (χ1v) is 10.3. The van der Waals surface area contributed by atoms with E-state index in [0.29, 0.717) is 0 Å². The van der Waals surface area contributed by atoms with Crippen molar-refractivity contribution in [2.45, 2.75) is 38.2 Å². The predicted octanol–water partition coefficient (Wildman–Crippen LogP) is 3.57. The number of ether oxygens (including phenoxy) is 1. The van der Waals surface area contributed by atoms with Gasteiger partial charge in [0.25, 0.3) is 0 Å². The van der Waals surface area contributed by atoms with Gasteiger partial charge in [-0.05, 0) is 49.3 Å². The molecule has 1 aliphatic rings. The first-order chi connectivity index (χ1) is 12.8. The van der Waals surface area contributed by atoms with Gasteiger partial charge in [0.1, 0.15) is 5.76 Å². The molecule has 0 aliphatic carbocycles. The minimum atomic E-state index is 0.260. The third-order valence-electron chi connectivity index (χ3n) is 4.59. The molecule has 0 amide bonds. The average Bonchev–Trinajstić information content (AvgIpc) is 3.37. The van der Waals surface area contributed by atoms with Crippen molar-refractivity contribution in [1.29, 1.82) is 0 Å². The lowest BCUT2D eigenvalue weighted by Gasteiger charge is -2.25. The Morgan fingerprint density at radius 2 is 2.27 bits per heavy atom. The van der Waals surface area contributed by atoms with Crippen molar-refractivity contribution in [2.24, 2.45) is 4.99 Å². The number of rotatable bonds is 8. The molecule has 0 saturated carbocycles. The van der Waals surface area contributed by atoms with Gasteiger partial charge < -0.3 is 19.4 Å². The zero-order valence-corrected chi connectivity index (χ0v) is 16.3. The standard InChI is InChI=1S/C20H29N3O2S/c1-23(12-10-19-8-5-15-26-19)20(21-11-9-17-7-4-14-24-17)22-16-18-6-2-3-13-25-18/h4-5,7-8,14-15,18H,2-3,6,9-13,16H2,1H3,(H,21,22). The van der Waals surface area contributed by atoms with Crippen molar-refractivity contribution in [3.63, 3.8) is 0 Å². The highest BCUT2D eigenvalue weighted by Gasteiger charge is 2.14. The highest BCUT2D eigenvalue weighted by Crippen LogP contribution is 2.13. The number of aliphatic imine (C=N–C) groups is 1. The average molecular weight is 376 g/mol. The molecule has 0 bridgehead atoms. The van der Waals surface area contributed by atoms with Crippen LogP contribution >= 0.6 is 11.3 Å². The van der Waals surface area contributed by atoms with Gasteiger partial charge in [0.15, 0.2) is 5.96 Å². The van der Waals surface area contributed by atoms with Crippen LogP contribution in [-0.2, 0) is 17.6 Å². The summed E-state index contributed by atoms with van der Waals surface area (Å²) in [7, 11) is 2.11. The Morgan fingerprint density at radius 3 is 3.00 bits per heavy atom. The molecule has 1 aliphatic heterocycles. The largest absolute Gasteiger partial charge is 0.469 e. The van der Waals surface area contributed by atoms with E-state index in [1.165, 1.54) is 17.7 Å². The Hall–Kier alpha value is -1.79. The summed E-state index contributed by atoms with van der Waals surface area (Å²) in [6.45, 7) is 3.35. The molecule has 0 spiro atoms. The molecule has 1 saturated heterocycles. The van der Waals surface area contributed by atoms with E-state index < -0.39 is 0 Å². The first-order valence-electron chi connectivity index (χ1n) is 9.47. The van der Waals surface area contributed by atoms with Gasteiger partial charge in [-0.3, -0.25) is 4.99 Å². The maximum Gasteiger partial charge on any atom is 0.193 e. The van der Waals surface area contributed by atoms with Crippen LogP contribution in [0.15, 0.2) is 45.3 Å². The highest BCUT2D eigenvalue weighted by atomic mass is 32.1. The van der Waals surface area contributed by atoms with E-state index in [9.17, 15) is 0 Å². The summed E-state index contributed by atoms with van der Waals surface area (Å²) >= 11 is 1.81. The summed E-state index contributed by atoms with van der Waals surface area (Å²) in [5, 5.41) is 5.62. The lowest BCUT2D eigenvalue weighted by atomic mass is 10.1. The van der Waals surface area contributed by atoms with Gasteiger partial charge in [-0.2, -0.15) is 0 Å². The molecule has 26 heavy (non-hydrogen) atoms. The summed E-state index contributed by atoms with van der Waals surface area (Å²) < 4.78 is 11.2. The first kappa shape index (κ1) is 19.0. The normalized spacial score (nSPS) is 18.0. The Morgan fingerprint density at radius 1 is 1.31 bits per heavy atom. The molecular weight excluding hydrogens is 346 g/mol. The lowest BCUT2D eigenvalue weighted by molar-refractivity contribution is 0.0223. The Balaban J connectivity index is 1.53. The van der Waals surface area contributed by atoms with Crippen LogP contribution in [0.25, 0.3) is 0 Å². The molecule has 3 heterocycles. The zero-order chi connectivity index (χ0) is 18.0. The van der Waals surface area contributed by atoms with Crippen molar-refractivity contribution < 1.29 is 9.15 Å². The molecule has 2 aromatic rings. The molecule has 1 N–H and O–H groups in total. The van der Waals surface area contributed by atoms with Gasteiger partial charge in [0.2, 0.25) is 0 Å². The fourth-order valence-corrected chi connectivity index (χ4v) is 3.74. The summed E-state index contributed by atoms with van der Waals surface area (Å²) in [4.78, 5) is 8.46. The fourth-order valence-electron chi connectivity index (χ4n) is 3.04. The zero-order valence-electron chi connectivity index (χ0n) is 15.5. The highest BCUT2D eigenvalue weighted by molar-refractivity contribution is 7.09. The van der Waals surface area contributed by atoms with Crippen LogP contribution in [0.5, 0.6) is 0 Å². The monoisotopic (exact) mass is 375 g/mol. The molecule has 1 atom stereocenters. The van der Waals surface area contributed by atoms with Gasteiger partial charge in [-0.15, -0.1) is 11.3 Å². The summed E-state index contributed by atoms with van der Waals surface area (Å²) in [6, 6.07) is 8.24. The van der Waals surface area contributed by atoms with Crippen molar-refractivity contribution >= 4 is 17.3 Å². The minimum Gasteiger partial charge on any atom is -0.469 e. The number of nitrogens with zero attached hydrogens (tertiary/aromatic N) is 2. The van der Waals surface area contributed by atoms with Crippen molar-refractivity contribution in [1.82, 2.24) is 10.2 Å². The number of furan rings is 1. The minimum absolute atomic E-state index is 0.260. The van der Waals surface area contributed by atoms with Crippen LogP contribution in [-0.4, -0.2) is 50.3 Å². The molecule has 142 valence electrons. The van der Waals surface area contributed by atoms with Crippen molar-refractivity contribution in [2.75, 3.05) is 33.3 Å². The summed E-state index contributed by atoms with van der Waals surface area (Å²) in [5.41, 5.74) is 0. The second kappa shape index (κ2) is 10.4. The Bertz CT molecular complexity index is 634. The van der Waals surface area contributed by atoms with Crippen LogP contribution in [0.4, 0.5) is 0 Å². The second-order valence-corrected chi connectivity index (χ2v) is 7.69. The van der Waals surface area contributed by atoms with Gasteiger partial charge in [0, 0.05) is 38.0 Å². The van der Waals surface area contributed by atoms with Crippen molar-refractivity contribution in [3.8, 4) is 0 Å².